The molecule has 1 heterocycles. The monoisotopic (exact) mass is 294 g/mol. The van der Waals surface area contributed by atoms with Gasteiger partial charge in [-0.1, -0.05) is 6.92 Å². The van der Waals surface area contributed by atoms with E-state index in [-0.39, 0.29) is 0 Å². The van der Waals surface area contributed by atoms with Gasteiger partial charge in [0.1, 0.15) is 0 Å². The van der Waals surface area contributed by atoms with Crippen molar-refractivity contribution in [3.63, 3.8) is 0 Å². The molecule has 4 aliphatic carbocycles. The molecular formula is C17H30N2S. The highest BCUT2D eigenvalue weighted by atomic mass is 32.1. The van der Waals surface area contributed by atoms with Gasteiger partial charge in [-0.05, 0) is 56.8 Å². The van der Waals surface area contributed by atoms with Crippen molar-refractivity contribution >= 4 is 12.6 Å². The Kier molecular flexibility index (Phi) is 3.59. The van der Waals surface area contributed by atoms with Crippen LogP contribution in [0.2, 0.25) is 0 Å². The lowest BCUT2D eigenvalue weighted by atomic mass is 9.49. The molecule has 1 saturated heterocycles. The van der Waals surface area contributed by atoms with E-state index in [1.54, 1.807) is 0 Å². The van der Waals surface area contributed by atoms with Gasteiger partial charge in [-0.3, -0.25) is 9.80 Å². The van der Waals surface area contributed by atoms with Crippen LogP contribution in [0.25, 0.3) is 0 Å². The highest BCUT2D eigenvalue weighted by Gasteiger charge is 2.59. The van der Waals surface area contributed by atoms with Crippen molar-refractivity contribution in [1.29, 1.82) is 0 Å². The lowest BCUT2D eigenvalue weighted by Crippen LogP contribution is -2.71. The third-order valence-corrected chi connectivity index (χ3v) is 7.35. The zero-order chi connectivity index (χ0) is 13.7. The Hall–Kier alpha value is 0.270. The predicted molar refractivity (Wildman–Crippen MR) is 87.4 cm³/mol. The van der Waals surface area contributed by atoms with Crippen molar-refractivity contribution in [2.45, 2.75) is 68.7 Å². The molecule has 2 bridgehead atoms. The Morgan fingerprint density at radius 2 is 1.55 bits per heavy atom. The van der Waals surface area contributed by atoms with E-state index in [2.05, 4.69) is 29.4 Å². The fraction of sp³-hybridized carbons (Fsp3) is 1.00. The molecular weight excluding hydrogens is 264 g/mol. The molecule has 20 heavy (non-hydrogen) atoms. The quantitative estimate of drug-likeness (QED) is 0.799. The van der Waals surface area contributed by atoms with Gasteiger partial charge in [0.25, 0.3) is 0 Å². The Morgan fingerprint density at radius 1 is 0.950 bits per heavy atom. The second-order valence-electron chi connectivity index (χ2n) is 8.03. The van der Waals surface area contributed by atoms with Crippen LogP contribution in [0, 0.1) is 11.8 Å². The molecule has 3 heteroatoms. The molecule has 1 unspecified atom stereocenters. The highest BCUT2D eigenvalue weighted by Crippen LogP contribution is 2.60. The molecule has 1 aliphatic heterocycles. The van der Waals surface area contributed by atoms with Gasteiger partial charge in [0.05, 0.1) is 0 Å². The number of nitrogens with zero attached hydrogens (tertiary/aromatic N) is 2. The van der Waals surface area contributed by atoms with E-state index in [1.807, 2.05) is 0 Å². The molecule has 5 rings (SSSR count). The maximum Gasteiger partial charge on any atom is 0.0218 e. The van der Waals surface area contributed by atoms with E-state index < -0.39 is 0 Å². The number of thiol groups is 1. The van der Waals surface area contributed by atoms with Crippen molar-refractivity contribution in [3.8, 4) is 0 Å². The van der Waals surface area contributed by atoms with Crippen LogP contribution in [-0.2, 0) is 0 Å². The molecule has 5 aliphatic rings. The van der Waals surface area contributed by atoms with Gasteiger partial charge in [0.2, 0.25) is 0 Å². The summed E-state index contributed by atoms with van der Waals surface area (Å²) in [6.45, 7) is 7.62. The summed E-state index contributed by atoms with van der Waals surface area (Å²) in [6, 6.07) is 0.883. The molecule has 2 nitrogen and oxygen atoms in total. The number of hydrogen-bond acceptors (Lipinski definition) is 3. The van der Waals surface area contributed by atoms with Gasteiger partial charge in [0, 0.05) is 43.0 Å². The van der Waals surface area contributed by atoms with E-state index in [0.29, 0.717) is 10.8 Å². The Labute approximate surface area is 129 Å². The average molecular weight is 295 g/mol. The minimum atomic E-state index is 0.595. The smallest absolute Gasteiger partial charge is 0.0218 e. The molecule has 5 fully saturated rings. The Bertz CT molecular complexity index is 337. The molecule has 0 radical (unpaired) electrons. The minimum absolute atomic E-state index is 0.595. The standard InChI is InChI=1S/C17H30N2S/c1-13(20)15-2-4-16(5-3-15)18-6-8-19(9-7-18)17-10-14(11-17)12-17/h13-16,20H,2-12H2,1H3/t13?,14?,15-,16-,17?. The van der Waals surface area contributed by atoms with E-state index in [9.17, 15) is 0 Å². The first-order valence-corrected chi connectivity index (χ1v) is 9.35. The van der Waals surface area contributed by atoms with Gasteiger partial charge >= 0.3 is 0 Å². The number of rotatable bonds is 3. The Balaban J connectivity index is 1.25. The van der Waals surface area contributed by atoms with Crippen LogP contribution in [0.5, 0.6) is 0 Å². The average Bonchev–Trinajstić information content (AvgIpc) is 2.36. The van der Waals surface area contributed by atoms with Crippen molar-refractivity contribution in [3.05, 3.63) is 0 Å². The molecule has 0 spiro atoms. The van der Waals surface area contributed by atoms with Crippen molar-refractivity contribution in [2.75, 3.05) is 26.2 Å². The zero-order valence-corrected chi connectivity index (χ0v) is 13.8. The molecule has 114 valence electrons. The van der Waals surface area contributed by atoms with Gasteiger partial charge in [-0.25, -0.2) is 0 Å². The maximum absolute atomic E-state index is 4.64. The van der Waals surface area contributed by atoms with E-state index in [4.69, 9.17) is 0 Å². The zero-order valence-electron chi connectivity index (χ0n) is 12.9. The van der Waals surface area contributed by atoms with Crippen LogP contribution in [0.1, 0.15) is 51.9 Å². The summed E-state index contributed by atoms with van der Waals surface area (Å²) in [5.74, 6) is 1.99. The van der Waals surface area contributed by atoms with Gasteiger partial charge in [-0.15, -0.1) is 0 Å². The number of piperazine rings is 1. The van der Waals surface area contributed by atoms with Crippen molar-refractivity contribution < 1.29 is 0 Å². The third-order valence-electron chi connectivity index (χ3n) is 6.93. The van der Waals surface area contributed by atoms with Crippen LogP contribution in [0.4, 0.5) is 0 Å². The first-order chi connectivity index (χ1) is 9.66. The SMILES string of the molecule is CC(S)[C@H]1CC[C@H](N2CCN(C34CC(C3)C4)CC2)CC1. The van der Waals surface area contributed by atoms with E-state index in [0.717, 1.165) is 17.9 Å². The van der Waals surface area contributed by atoms with E-state index in [1.165, 1.54) is 71.1 Å². The van der Waals surface area contributed by atoms with E-state index >= 15 is 0 Å². The summed E-state index contributed by atoms with van der Waals surface area (Å²) < 4.78 is 0. The minimum Gasteiger partial charge on any atom is -0.298 e. The molecule has 0 N–H and O–H groups in total. The lowest BCUT2D eigenvalue weighted by Gasteiger charge is -2.68. The molecule has 1 atom stereocenters. The molecule has 0 aromatic rings. The summed E-state index contributed by atoms with van der Waals surface area (Å²) in [4.78, 5) is 5.65. The summed E-state index contributed by atoms with van der Waals surface area (Å²) in [6.07, 6.45) is 10.2. The molecule has 0 aromatic carbocycles. The first kappa shape index (κ1) is 13.9. The van der Waals surface area contributed by atoms with Crippen molar-refractivity contribution in [1.82, 2.24) is 9.80 Å². The third kappa shape index (κ3) is 2.24. The fourth-order valence-electron chi connectivity index (χ4n) is 5.33. The summed E-state index contributed by atoms with van der Waals surface area (Å²) in [5.41, 5.74) is 0.704. The molecule has 4 saturated carbocycles. The topological polar surface area (TPSA) is 6.48 Å². The number of hydrogen-bond donors (Lipinski definition) is 1. The second-order valence-corrected chi connectivity index (χ2v) is 8.85. The lowest BCUT2D eigenvalue weighted by molar-refractivity contribution is -0.157. The molecule has 0 aromatic heterocycles. The maximum atomic E-state index is 4.64. The second kappa shape index (κ2) is 5.17. The molecule has 0 amide bonds. The van der Waals surface area contributed by atoms with Crippen LogP contribution < -0.4 is 0 Å². The predicted octanol–water partition coefficient (Wildman–Crippen LogP) is 3.03. The van der Waals surface area contributed by atoms with Crippen LogP contribution in [0.15, 0.2) is 0 Å². The largest absolute Gasteiger partial charge is 0.298 e. The van der Waals surface area contributed by atoms with Crippen LogP contribution in [-0.4, -0.2) is 52.8 Å². The fourth-order valence-corrected chi connectivity index (χ4v) is 5.63. The Morgan fingerprint density at radius 3 is 2.00 bits per heavy atom. The van der Waals surface area contributed by atoms with Crippen molar-refractivity contribution in [2.24, 2.45) is 11.8 Å². The van der Waals surface area contributed by atoms with Gasteiger partial charge in [0.15, 0.2) is 0 Å². The highest BCUT2D eigenvalue weighted by molar-refractivity contribution is 7.80. The van der Waals surface area contributed by atoms with Crippen LogP contribution in [0.3, 0.4) is 0 Å². The van der Waals surface area contributed by atoms with Gasteiger partial charge in [-0.2, -0.15) is 12.6 Å². The summed E-state index contributed by atoms with van der Waals surface area (Å²) >= 11 is 4.64. The van der Waals surface area contributed by atoms with Gasteiger partial charge < -0.3 is 0 Å². The summed E-state index contributed by atoms with van der Waals surface area (Å²) in [5, 5.41) is 0.595. The first-order valence-electron chi connectivity index (χ1n) is 8.83. The van der Waals surface area contributed by atoms with Crippen LogP contribution >= 0.6 is 12.6 Å². The summed E-state index contributed by atoms with van der Waals surface area (Å²) in [7, 11) is 0. The normalized spacial score (nSPS) is 47.4.